The summed E-state index contributed by atoms with van der Waals surface area (Å²) in [6.07, 6.45) is 4.71. The van der Waals surface area contributed by atoms with E-state index in [0.717, 1.165) is 43.0 Å². The van der Waals surface area contributed by atoms with Crippen molar-refractivity contribution in [1.29, 1.82) is 0 Å². The monoisotopic (exact) mass is 304 g/mol. The minimum Gasteiger partial charge on any atom is -0.494 e. The molecule has 1 N–H and O–H groups in total. The molecule has 0 radical (unpaired) electrons. The number of hydrogen-bond donors (Lipinski definition) is 1. The van der Waals surface area contributed by atoms with Crippen molar-refractivity contribution >= 4 is 18.4 Å². The van der Waals surface area contributed by atoms with Crippen LogP contribution < -0.4 is 4.74 Å². The number of H-pyrrole nitrogens is 1. The fourth-order valence-electron chi connectivity index (χ4n) is 1.82. The van der Waals surface area contributed by atoms with E-state index >= 15 is 0 Å². The fourth-order valence-corrected chi connectivity index (χ4v) is 2.01. The highest BCUT2D eigenvalue weighted by Gasteiger charge is 2.01. The molecular weight excluding hydrogens is 284 g/mol. The number of rotatable bonds is 7. The number of aromatic amines is 1. The fraction of sp³-hybridized carbons (Fsp3) is 0.400. The number of benzene rings is 1. The summed E-state index contributed by atoms with van der Waals surface area (Å²) in [7, 11) is 0. The molecule has 0 aliphatic carbocycles. The summed E-state index contributed by atoms with van der Waals surface area (Å²) in [6.45, 7) is 4.90. The van der Waals surface area contributed by atoms with Crippen LogP contribution in [0.4, 0.5) is 0 Å². The van der Waals surface area contributed by atoms with E-state index in [0.29, 0.717) is 4.77 Å². The van der Waals surface area contributed by atoms with Crippen molar-refractivity contribution in [1.82, 2.24) is 14.9 Å². The van der Waals surface area contributed by atoms with Gasteiger partial charge >= 0.3 is 0 Å². The minimum absolute atomic E-state index is 0.499. The van der Waals surface area contributed by atoms with Crippen LogP contribution in [-0.4, -0.2) is 27.7 Å². The van der Waals surface area contributed by atoms with Gasteiger partial charge in [-0.3, -0.25) is 5.10 Å². The maximum Gasteiger partial charge on any atom is 0.216 e. The molecule has 1 aromatic carbocycles. The van der Waals surface area contributed by atoms with Gasteiger partial charge < -0.3 is 4.74 Å². The highest BCUT2D eigenvalue weighted by Crippen LogP contribution is 2.12. The highest BCUT2D eigenvalue weighted by atomic mass is 32.1. The van der Waals surface area contributed by atoms with E-state index in [1.54, 1.807) is 10.9 Å². The van der Waals surface area contributed by atoms with Crippen LogP contribution in [0.25, 0.3) is 0 Å². The molecule has 2 aromatic rings. The molecule has 21 heavy (non-hydrogen) atoms. The second-order valence-electron chi connectivity index (χ2n) is 4.63. The molecular formula is C15H20N4OS. The van der Waals surface area contributed by atoms with Gasteiger partial charge in [0.1, 0.15) is 5.75 Å². The molecule has 1 aromatic heterocycles. The summed E-state index contributed by atoms with van der Waals surface area (Å²) in [6, 6.07) is 7.85. The molecule has 0 aliphatic heterocycles. The summed E-state index contributed by atoms with van der Waals surface area (Å²) in [5.74, 6) is 1.67. The van der Waals surface area contributed by atoms with E-state index in [9.17, 15) is 0 Å². The summed E-state index contributed by atoms with van der Waals surface area (Å²) < 4.78 is 7.82. The maximum absolute atomic E-state index is 5.69. The summed E-state index contributed by atoms with van der Waals surface area (Å²) in [5.41, 5.74) is 0.967. The number of unbranched alkanes of at least 4 members (excludes halogenated alkanes) is 1. The molecule has 0 saturated heterocycles. The quantitative estimate of drug-likeness (QED) is 0.483. The number of aromatic nitrogens is 3. The van der Waals surface area contributed by atoms with Crippen molar-refractivity contribution in [2.75, 3.05) is 6.61 Å². The van der Waals surface area contributed by atoms with E-state index in [-0.39, 0.29) is 0 Å². The topological polar surface area (TPSA) is 55.2 Å². The molecule has 1 heterocycles. The Morgan fingerprint density at radius 2 is 2.29 bits per heavy atom. The Bertz CT molecular complexity index is 660. The molecule has 0 bridgehead atoms. The first-order valence-corrected chi connectivity index (χ1v) is 7.59. The molecule has 0 atom stereocenters. The lowest BCUT2D eigenvalue weighted by Gasteiger charge is -2.05. The Labute approximate surface area is 129 Å². The van der Waals surface area contributed by atoms with Crippen molar-refractivity contribution < 1.29 is 4.74 Å². The van der Waals surface area contributed by atoms with Crippen LogP contribution in [0.15, 0.2) is 29.4 Å². The average molecular weight is 304 g/mol. The van der Waals surface area contributed by atoms with Crippen LogP contribution in [0.2, 0.25) is 0 Å². The third-order valence-corrected chi connectivity index (χ3v) is 3.24. The lowest BCUT2D eigenvalue weighted by molar-refractivity contribution is 0.309. The van der Waals surface area contributed by atoms with Crippen LogP contribution >= 0.6 is 12.2 Å². The van der Waals surface area contributed by atoms with Gasteiger partial charge in [0.05, 0.1) is 12.8 Å². The number of hydrogen-bond acceptors (Lipinski definition) is 4. The van der Waals surface area contributed by atoms with Crippen LogP contribution in [0.1, 0.15) is 38.1 Å². The van der Waals surface area contributed by atoms with E-state index in [1.807, 2.05) is 31.2 Å². The van der Waals surface area contributed by atoms with Gasteiger partial charge in [-0.15, -0.1) is 0 Å². The summed E-state index contributed by atoms with van der Waals surface area (Å²) in [5, 5.41) is 11.3. The van der Waals surface area contributed by atoms with Gasteiger partial charge in [0.25, 0.3) is 0 Å². The van der Waals surface area contributed by atoms with Gasteiger partial charge in [0, 0.05) is 6.42 Å². The number of nitrogens with one attached hydrogen (secondary N) is 1. The predicted molar refractivity (Wildman–Crippen MR) is 86.6 cm³/mol. The first-order valence-electron chi connectivity index (χ1n) is 7.18. The molecule has 0 saturated carbocycles. The molecule has 0 amide bonds. The third-order valence-electron chi connectivity index (χ3n) is 2.98. The van der Waals surface area contributed by atoms with Crippen molar-refractivity contribution in [2.24, 2.45) is 5.10 Å². The van der Waals surface area contributed by atoms with Gasteiger partial charge in [-0.2, -0.15) is 14.9 Å². The molecule has 0 unspecified atom stereocenters. The van der Waals surface area contributed by atoms with E-state index in [4.69, 9.17) is 17.0 Å². The third kappa shape index (κ3) is 4.26. The second-order valence-corrected chi connectivity index (χ2v) is 5.02. The maximum atomic E-state index is 5.69. The van der Waals surface area contributed by atoms with Crippen LogP contribution in [0.5, 0.6) is 5.75 Å². The lowest BCUT2D eigenvalue weighted by Crippen LogP contribution is -1.98. The Morgan fingerprint density at radius 1 is 1.43 bits per heavy atom. The van der Waals surface area contributed by atoms with Gasteiger partial charge in [0.2, 0.25) is 4.77 Å². The number of aryl methyl sites for hydroxylation is 1. The minimum atomic E-state index is 0.499. The Kier molecular flexibility index (Phi) is 5.68. The number of ether oxygens (including phenoxy) is 1. The standard InChI is InChI=1S/C15H20N4OS/c1-3-5-9-20-13-8-6-7-12(10-13)11-16-19-14(4-2)17-18-15(19)21/h6-8,10-11H,3-5,9H2,1-2H3,(H,18,21)/b16-11-. The van der Waals surface area contributed by atoms with Gasteiger partial charge in [-0.25, -0.2) is 0 Å². The Hall–Kier alpha value is -1.95. The highest BCUT2D eigenvalue weighted by molar-refractivity contribution is 7.71. The van der Waals surface area contributed by atoms with Gasteiger partial charge in [-0.05, 0) is 36.3 Å². The Morgan fingerprint density at radius 3 is 3.05 bits per heavy atom. The lowest BCUT2D eigenvalue weighted by atomic mass is 10.2. The first kappa shape index (κ1) is 15.4. The van der Waals surface area contributed by atoms with E-state index in [1.165, 1.54) is 0 Å². The van der Waals surface area contributed by atoms with E-state index < -0.39 is 0 Å². The summed E-state index contributed by atoms with van der Waals surface area (Å²) in [4.78, 5) is 0. The smallest absolute Gasteiger partial charge is 0.216 e. The van der Waals surface area contributed by atoms with E-state index in [2.05, 4.69) is 22.2 Å². The van der Waals surface area contributed by atoms with Crippen LogP contribution in [-0.2, 0) is 6.42 Å². The van der Waals surface area contributed by atoms with Gasteiger partial charge in [0.15, 0.2) is 5.82 Å². The molecule has 2 rings (SSSR count). The van der Waals surface area contributed by atoms with Crippen molar-refractivity contribution in [3.63, 3.8) is 0 Å². The molecule has 0 fully saturated rings. The van der Waals surface area contributed by atoms with Crippen molar-refractivity contribution in [3.8, 4) is 5.75 Å². The SMILES string of the molecule is CCCCOc1cccc(/C=N\n2c(CC)n[nH]c2=S)c1. The normalized spacial score (nSPS) is 11.1. The predicted octanol–water partition coefficient (Wildman–Crippen LogP) is 3.56. The molecule has 5 nitrogen and oxygen atoms in total. The molecule has 0 spiro atoms. The van der Waals surface area contributed by atoms with Gasteiger partial charge in [-0.1, -0.05) is 32.4 Å². The second kappa shape index (κ2) is 7.73. The number of nitrogens with zero attached hydrogens (tertiary/aromatic N) is 3. The largest absolute Gasteiger partial charge is 0.494 e. The summed E-state index contributed by atoms with van der Waals surface area (Å²) >= 11 is 5.16. The zero-order chi connectivity index (χ0) is 15.1. The zero-order valence-corrected chi connectivity index (χ0v) is 13.2. The van der Waals surface area contributed by atoms with Crippen molar-refractivity contribution in [2.45, 2.75) is 33.1 Å². The molecule has 0 aliphatic rings. The van der Waals surface area contributed by atoms with Crippen molar-refractivity contribution in [3.05, 3.63) is 40.4 Å². The average Bonchev–Trinajstić information content (AvgIpc) is 2.86. The zero-order valence-electron chi connectivity index (χ0n) is 12.4. The van der Waals surface area contributed by atoms with Crippen LogP contribution in [0.3, 0.4) is 0 Å². The first-order chi connectivity index (χ1) is 10.2. The van der Waals surface area contributed by atoms with Crippen LogP contribution in [0, 0.1) is 4.77 Å². The molecule has 6 heteroatoms. The Balaban J connectivity index is 2.12. The molecule has 112 valence electrons.